The summed E-state index contributed by atoms with van der Waals surface area (Å²) in [4.78, 5) is 0.918. The minimum atomic E-state index is -0.102. The lowest BCUT2D eigenvalue weighted by Gasteiger charge is -2.04. The van der Waals surface area contributed by atoms with E-state index in [1.54, 1.807) is 0 Å². The minimum absolute atomic E-state index is 0.00954. The Kier molecular flexibility index (Phi) is 2.35. The van der Waals surface area contributed by atoms with Crippen molar-refractivity contribution < 1.29 is 10.2 Å². The Morgan fingerprint density at radius 1 is 1.21 bits per heavy atom. The maximum Gasteiger partial charge on any atom is 0.138 e. The van der Waals surface area contributed by atoms with Crippen LogP contribution in [0.3, 0.4) is 0 Å². The average molecular weight is 227 g/mol. The maximum absolute atomic E-state index is 9.39. The largest absolute Gasteiger partial charge is 0.508 e. The van der Waals surface area contributed by atoms with E-state index in [4.69, 9.17) is 11.6 Å². The van der Waals surface area contributed by atoms with Crippen LogP contribution in [0.25, 0.3) is 10.4 Å². The fourth-order valence-corrected chi connectivity index (χ4v) is 2.22. The Morgan fingerprint density at radius 2 is 2.00 bits per heavy atom. The summed E-state index contributed by atoms with van der Waals surface area (Å²) in [5, 5.41) is 20.9. The van der Waals surface area contributed by atoms with E-state index in [0.717, 1.165) is 4.88 Å². The van der Waals surface area contributed by atoms with Gasteiger partial charge in [-0.3, -0.25) is 0 Å². The molecular formula is C10H7ClO2S. The number of thiophene rings is 1. The van der Waals surface area contributed by atoms with Crippen molar-refractivity contribution in [2.24, 2.45) is 0 Å². The molecule has 0 aliphatic carbocycles. The first kappa shape index (κ1) is 9.37. The van der Waals surface area contributed by atoms with E-state index < -0.39 is 0 Å². The van der Waals surface area contributed by atoms with E-state index in [9.17, 15) is 10.2 Å². The number of phenols is 2. The van der Waals surface area contributed by atoms with Crippen LogP contribution in [0.2, 0.25) is 5.02 Å². The van der Waals surface area contributed by atoms with Crippen LogP contribution in [-0.2, 0) is 0 Å². The van der Waals surface area contributed by atoms with Crippen molar-refractivity contribution in [3.63, 3.8) is 0 Å². The molecule has 0 aliphatic heterocycles. The number of rotatable bonds is 1. The van der Waals surface area contributed by atoms with Gasteiger partial charge in [0.1, 0.15) is 11.5 Å². The van der Waals surface area contributed by atoms with Crippen LogP contribution in [0.15, 0.2) is 29.6 Å². The van der Waals surface area contributed by atoms with E-state index in [-0.39, 0.29) is 16.5 Å². The van der Waals surface area contributed by atoms with Gasteiger partial charge in [0.05, 0.1) is 5.02 Å². The molecule has 0 aliphatic rings. The van der Waals surface area contributed by atoms with Crippen LogP contribution >= 0.6 is 22.9 Å². The molecule has 0 fully saturated rings. The molecule has 0 amide bonds. The smallest absolute Gasteiger partial charge is 0.138 e. The molecule has 2 aromatic rings. The molecule has 2 N–H and O–H groups in total. The zero-order chi connectivity index (χ0) is 10.1. The number of phenolic OH excluding ortho intramolecular Hbond substituents is 2. The SMILES string of the molecule is Oc1cc(O)c(Cl)c(-c2cccs2)c1. The van der Waals surface area contributed by atoms with Crippen LogP contribution in [-0.4, -0.2) is 10.2 Å². The third-order valence-electron chi connectivity index (χ3n) is 1.82. The van der Waals surface area contributed by atoms with Gasteiger partial charge in [0.15, 0.2) is 0 Å². The molecule has 72 valence electrons. The van der Waals surface area contributed by atoms with Crippen molar-refractivity contribution in [1.82, 2.24) is 0 Å². The van der Waals surface area contributed by atoms with Gasteiger partial charge >= 0.3 is 0 Å². The van der Waals surface area contributed by atoms with E-state index in [1.807, 2.05) is 17.5 Å². The Balaban J connectivity index is 2.64. The summed E-state index contributed by atoms with van der Waals surface area (Å²) in [5.41, 5.74) is 0.652. The fraction of sp³-hybridized carbons (Fsp3) is 0. The van der Waals surface area contributed by atoms with Gasteiger partial charge in [-0.25, -0.2) is 0 Å². The van der Waals surface area contributed by atoms with Crippen LogP contribution in [0.1, 0.15) is 0 Å². The second-order valence-corrected chi connectivity index (χ2v) is 4.13. The Hall–Kier alpha value is -1.19. The predicted octanol–water partition coefficient (Wildman–Crippen LogP) is 3.48. The molecule has 4 heteroatoms. The molecule has 1 aromatic carbocycles. The van der Waals surface area contributed by atoms with Gasteiger partial charge in [-0.15, -0.1) is 11.3 Å². The molecule has 2 nitrogen and oxygen atoms in total. The molecule has 14 heavy (non-hydrogen) atoms. The fourth-order valence-electron chi connectivity index (χ4n) is 1.21. The predicted molar refractivity (Wildman–Crippen MR) is 58.1 cm³/mol. The Labute approximate surface area is 90.0 Å². The molecule has 0 spiro atoms. The summed E-state index contributed by atoms with van der Waals surface area (Å²) in [6, 6.07) is 6.52. The highest BCUT2D eigenvalue weighted by Crippen LogP contribution is 2.39. The third-order valence-corrected chi connectivity index (χ3v) is 3.13. The highest BCUT2D eigenvalue weighted by molar-refractivity contribution is 7.13. The molecule has 1 aromatic heterocycles. The average Bonchev–Trinajstić information content (AvgIpc) is 2.63. The molecule has 1 heterocycles. The van der Waals surface area contributed by atoms with Gasteiger partial charge in [-0.2, -0.15) is 0 Å². The third kappa shape index (κ3) is 1.56. The summed E-state index contributed by atoms with van der Waals surface area (Å²) in [7, 11) is 0. The van der Waals surface area contributed by atoms with Gasteiger partial charge in [-0.05, 0) is 17.5 Å². The first-order valence-corrected chi connectivity index (χ1v) is 5.19. The number of hydrogen-bond donors (Lipinski definition) is 2. The number of halogens is 1. The van der Waals surface area contributed by atoms with Gasteiger partial charge in [0.25, 0.3) is 0 Å². The molecule has 2 rings (SSSR count). The summed E-state index contributed by atoms with van der Waals surface area (Å²) in [6.45, 7) is 0. The lowest BCUT2D eigenvalue weighted by atomic mass is 10.1. The molecule has 0 saturated heterocycles. The van der Waals surface area contributed by atoms with Gasteiger partial charge < -0.3 is 10.2 Å². The van der Waals surface area contributed by atoms with E-state index in [0.29, 0.717) is 5.56 Å². The monoisotopic (exact) mass is 226 g/mol. The van der Waals surface area contributed by atoms with Gasteiger partial charge in [0.2, 0.25) is 0 Å². The highest BCUT2D eigenvalue weighted by Gasteiger charge is 2.10. The van der Waals surface area contributed by atoms with Crippen molar-refractivity contribution in [2.75, 3.05) is 0 Å². The number of hydrogen-bond acceptors (Lipinski definition) is 3. The van der Waals surface area contributed by atoms with Crippen LogP contribution in [0.4, 0.5) is 0 Å². The molecule has 0 atom stereocenters. The van der Waals surface area contributed by atoms with E-state index in [1.165, 1.54) is 23.5 Å². The highest BCUT2D eigenvalue weighted by atomic mass is 35.5. The van der Waals surface area contributed by atoms with Crippen LogP contribution < -0.4 is 0 Å². The molecule has 0 unspecified atom stereocenters. The minimum Gasteiger partial charge on any atom is -0.508 e. The second kappa shape index (κ2) is 3.52. The molecule has 0 radical (unpaired) electrons. The van der Waals surface area contributed by atoms with Gasteiger partial charge in [0, 0.05) is 16.5 Å². The van der Waals surface area contributed by atoms with Crippen molar-refractivity contribution in [3.8, 4) is 21.9 Å². The standard InChI is InChI=1S/C10H7ClO2S/c11-10-7(9-2-1-3-14-9)4-6(12)5-8(10)13/h1-5,12-13H. The Bertz CT molecular complexity index is 451. The zero-order valence-corrected chi connectivity index (χ0v) is 8.64. The summed E-state index contributed by atoms with van der Waals surface area (Å²) < 4.78 is 0. The molecule has 0 saturated carbocycles. The van der Waals surface area contributed by atoms with Crippen molar-refractivity contribution in [1.29, 1.82) is 0 Å². The molecule has 0 bridgehead atoms. The van der Waals surface area contributed by atoms with Crippen LogP contribution in [0.5, 0.6) is 11.5 Å². The first-order valence-electron chi connectivity index (χ1n) is 3.94. The summed E-state index contributed by atoms with van der Waals surface area (Å²) >= 11 is 7.40. The summed E-state index contributed by atoms with van der Waals surface area (Å²) in [5.74, 6) is -0.0923. The maximum atomic E-state index is 9.39. The number of benzene rings is 1. The van der Waals surface area contributed by atoms with E-state index >= 15 is 0 Å². The topological polar surface area (TPSA) is 40.5 Å². The Morgan fingerprint density at radius 3 is 2.64 bits per heavy atom. The molecular weight excluding hydrogens is 220 g/mol. The van der Waals surface area contributed by atoms with Crippen molar-refractivity contribution in [2.45, 2.75) is 0 Å². The van der Waals surface area contributed by atoms with E-state index in [2.05, 4.69) is 0 Å². The van der Waals surface area contributed by atoms with Gasteiger partial charge in [-0.1, -0.05) is 17.7 Å². The summed E-state index contributed by atoms with van der Waals surface area (Å²) in [6.07, 6.45) is 0. The second-order valence-electron chi connectivity index (χ2n) is 2.80. The van der Waals surface area contributed by atoms with Crippen molar-refractivity contribution >= 4 is 22.9 Å². The first-order chi connectivity index (χ1) is 6.68. The van der Waals surface area contributed by atoms with Crippen molar-refractivity contribution in [3.05, 3.63) is 34.7 Å². The lowest BCUT2D eigenvalue weighted by Crippen LogP contribution is -1.77. The normalized spacial score (nSPS) is 10.4. The zero-order valence-electron chi connectivity index (χ0n) is 7.07. The number of aromatic hydroxyl groups is 2. The quantitative estimate of drug-likeness (QED) is 0.782. The lowest BCUT2D eigenvalue weighted by molar-refractivity contribution is 0.451. The van der Waals surface area contributed by atoms with Crippen LogP contribution in [0, 0.1) is 0 Å².